The van der Waals surface area contributed by atoms with Crippen molar-refractivity contribution in [3.63, 3.8) is 0 Å². The van der Waals surface area contributed by atoms with Gasteiger partial charge in [-0.25, -0.2) is 13.2 Å². The molecule has 11 nitrogen and oxygen atoms in total. The summed E-state index contributed by atoms with van der Waals surface area (Å²) in [6.07, 6.45) is 0.399. The first-order chi connectivity index (χ1) is 16.4. The molecule has 1 aliphatic heterocycles. The second kappa shape index (κ2) is 10.2. The van der Waals surface area contributed by atoms with Crippen LogP contribution < -0.4 is 16.6 Å². The molecule has 1 aliphatic rings. The van der Waals surface area contributed by atoms with E-state index in [1.54, 1.807) is 24.3 Å². The fraction of sp³-hybridized carbons (Fsp3) is 0.318. The van der Waals surface area contributed by atoms with Crippen LogP contribution in [0, 0.1) is 0 Å². The Morgan fingerprint density at radius 3 is 2.56 bits per heavy atom. The first-order valence-electron chi connectivity index (χ1n) is 10.7. The molecule has 0 aliphatic carbocycles. The zero-order chi connectivity index (χ0) is 24.1. The first-order valence-corrected chi connectivity index (χ1v) is 12.2. The summed E-state index contributed by atoms with van der Waals surface area (Å²) in [6, 6.07) is 12.6. The van der Waals surface area contributed by atoms with Gasteiger partial charge in [0.1, 0.15) is 0 Å². The zero-order valence-corrected chi connectivity index (χ0v) is 19.0. The Hall–Kier alpha value is -3.48. The summed E-state index contributed by atoms with van der Waals surface area (Å²) in [4.78, 5) is 36.5. The van der Waals surface area contributed by atoms with Crippen molar-refractivity contribution in [2.45, 2.75) is 24.3 Å². The van der Waals surface area contributed by atoms with Gasteiger partial charge in [-0.2, -0.15) is 4.31 Å². The van der Waals surface area contributed by atoms with Gasteiger partial charge in [0.15, 0.2) is 5.58 Å². The number of hydrogen-bond acceptors (Lipinski definition) is 7. The third kappa shape index (κ3) is 5.19. The van der Waals surface area contributed by atoms with Crippen molar-refractivity contribution in [2.75, 3.05) is 26.3 Å². The van der Waals surface area contributed by atoms with Crippen molar-refractivity contribution in [1.29, 1.82) is 0 Å². The van der Waals surface area contributed by atoms with E-state index in [9.17, 15) is 22.8 Å². The van der Waals surface area contributed by atoms with Gasteiger partial charge in [-0.05, 0) is 36.8 Å². The number of para-hydroxylation sites is 2. The summed E-state index contributed by atoms with van der Waals surface area (Å²) >= 11 is 0. The third-order valence-electron chi connectivity index (χ3n) is 5.38. The fourth-order valence-electron chi connectivity index (χ4n) is 3.62. The second-order valence-electron chi connectivity index (χ2n) is 7.64. The van der Waals surface area contributed by atoms with E-state index in [0.717, 1.165) is 0 Å². The predicted molar refractivity (Wildman–Crippen MR) is 121 cm³/mol. The number of nitrogens with one attached hydrogen (secondary N) is 2. The average molecular weight is 489 g/mol. The van der Waals surface area contributed by atoms with Crippen molar-refractivity contribution in [2.24, 2.45) is 0 Å². The van der Waals surface area contributed by atoms with Gasteiger partial charge < -0.3 is 9.15 Å². The molecule has 4 rings (SSSR count). The lowest BCUT2D eigenvalue weighted by Gasteiger charge is -2.26. The van der Waals surface area contributed by atoms with Gasteiger partial charge in [-0.3, -0.25) is 25.0 Å². The SMILES string of the molecule is O=C(CCCn1c(=O)oc2ccccc21)NNC(=O)c1cccc(S(=O)(=O)N2CCOCC2)c1. The third-order valence-corrected chi connectivity index (χ3v) is 7.27. The van der Waals surface area contributed by atoms with Crippen molar-refractivity contribution < 1.29 is 27.2 Å². The molecule has 2 amide bonds. The summed E-state index contributed by atoms with van der Waals surface area (Å²) in [7, 11) is -3.75. The van der Waals surface area contributed by atoms with Gasteiger partial charge in [-0.15, -0.1) is 0 Å². The van der Waals surface area contributed by atoms with Crippen molar-refractivity contribution in [3.8, 4) is 0 Å². The summed E-state index contributed by atoms with van der Waals surface area (Å²) < 4.78 is 38.7. The van der Waals surface area contributed by atoms with Crippen molar-refractivity contribution in [3.05, 3.63) is 64.6 Å². The molecule has 1 saturated heterocycles. The molecule has 0 spiro atoms. The number of nitrogens with zero attached hydrogens (tertiary/aromatic N) is 2. The van der Waals surface area contributed by atoms with Crippen LogP contribution in [0.2, 0.25) is 0 Å². The molecule has 2 aromatic carbocycles. The Balaban J connectivity index is 1.30. The zero-order valence-electron chi connectivity index (χ0n) is 18.2. The molecular weight excluding hydrogens is 464 g/mol. The molecule has 1 aromatic heterocycles. The minimum Gasteiger partial charge on any atom is -0.408 e. The van der Waals surface area contributed by atoms with E-state index < -0.39 is 27.6 Å². The van der Waals surface area contributed by atoms with Gasteiger partial charge in [-0.1, -0.05) is 18.2 Å². The lowest BCUT2D eigenvalue weighted by molar-refractivity contribution is -0.122. The number of aromatic nitrogens is 1. The summed E-state index contributed by atoms with van der Waals surface area (Å²) in [5.41, 5.74) is 5.81. The maximum absolute atomic E-state index is 12.8. The molecule has 1 fully saturated rings. The highest BCUT2D eigenvalue weighted by Gasteiger charge is 2.27. The van der Waals surface area contributed by atoms with Crippen LogP contribution in [0.25, 0.3) is 11.1 Å². The van der Waals surface area contributed by atoms with Crippen LogP contribution in [0.3, 0.4) is 0 Å². The Morgan fingerprint density at radius 2 is 1.76 bits per heavy atom. The first kappa shape index (κ1) is 23.7. The van der Waals surface area contributed by atoms with Gasteiger partial charge in [0.05, 0.1) is 23.6 Å². The number of amides is 2. The number of hydrazine groups is 1. The van der Waals surface area contributed by atoms with Crippen LogP contribution in [-0.4, -0.2) is 55.4 Å². The quantitative estimate of drug-likeness (QED) is 0.470. The number of ether oxygens (including phenoxy) is 1. The standard InChI is InChI=1S/C22H24N4O7S/c27-20(9-4-10-26-18-7-1-2-8-19(18)33-22(26)29)23-24-21(28)16-5-3-6-17(15-16)34(30,31)25-11-13-32-14-12-25/h1-3,5-8,15H,4,9-14H2,(H,23,27)(H,24,28). The van der Waals surface area contributed by atoms with Crippen LogP contribution in [0.4, 0.5) is 0 Å². The predicted octanol–water partition coefficient (Wildman–Crippen LogP) is 0.857. The molecule has 2 heterocycles. The number of carbonyl (C=O) groups excluding carboxylic acids is 2. The number of oxazole rings is 1. The molecule has 3 aromatic rings. The number of fused-ring (bicyclic) bond motifs is 1. The van der Waals surface area contributed by atoms with E-state index in [1.165, 1.54) is 33.1 Å². The minimum absolute atomic E-state index is 0.00819. The lowest BCUT2D eigenvalue weighted by atomic mass is 10.2. The number of benzene rings is 2. The molecule has 34 heavy (non-hydrogen) atoms. The van der Waals surface area contributed by atoms with E-state index in [0.29, 0.717) is 30.7 Å². The fourth-order valence-corrected chi connectivity index (χ4v) is 5.07. The lowest BCUT2D eigenvalue weighted by Crippen LogP contribution is -2.42. The van der Waals surface area contributed by atoms with Gasteiger partial charge in [0, 0.05) is 31.6 Å². The minimum atomic E-state index is -3.75. The van der Waals surface area contributed by atoms with Crippen molar-refractivity contribution in [1.82, 2.24) is 19.7 Å². The van der Waals surface area contributed by atoms with E-state index in [-0.39, 0.29) is 36.5 Å². The van der Waals surface area contributed by atoms with Crippen molar-refractivity contribution >= 4 is 32.9 Å². The van der Waals surface area contributed by atoms with Crippen LogP contribution in [-0.2, 0) is 26.1 Å². The normalized spacial score (nSPS) is 14.7. The van der Waals surface area contributed by atoms with Gasteiger partial charge in [0.2, 0.25) is 15.9 Å². The Labute approximate surface area is 195 Å². The van der Waals surface area contributed by atoms with Crippen LogP contribution in [0.5, 0.6) is 0 Å². The largest absolute Gasteiger partial charge is 0.419 e. The molecular formula is C22H24N4O7S. The molecule has 0 radical (unpaired) electrons. The molecule has 0 atom stereocenters. The van der Waals surface area contributed by atoms with E-state index in [4.69, 9.17) is 9.15 Å². The van der Waals surface area contributed by atoms with E-state index >= 15 is 0 Å². The Bertz CT molecular complexity index is 1360. The summed E-state index contributed by atoms with van der Waals surface area (Å²) in [5.74, 6) is -1.60. The Kier molecular flexibility index (Phi) is 7.10. The maximum atomic E-state index is 12.8. The highest BCUT2D eigenvalue weighted by atomic mass is 32.2. The summed E-state index contributed by atoms with van der Waals surface area (Å²) in [6.45, 7) is 1.40. The number of hydrogen-bond donors (Lipinski definition) is 2. The maximum Gasteiger partial charge on any atom is 0.419 e. The summed E-state index contributed by atoms with van der Waals surface area (Å²) in [5, 5.41) is 0. The Morgan fingerprint density at radius 1 is 1.00 bits per heavy atom. The van der Waals surface area contributed by atoms with Crippen LogP contribution >= 0.6 is 0 Å². The van der Waals surface area contributed by atoms with Gasteiger partial charge in [0.25, 0.3) is 5.91 Å². The number of carbonyl (C=O) groups is 2. The monoisotopic (exact) mass is 488 g/mol. The topological polar surface area (TPSA) is 140 Å². The smallest absolute Gasteiger partial charge is 0.408 e. The number of morpholine rings is 1. The molecule has 0 saturated carbocycles. The molecule has 0 bridgehead atoms. The highest BCUT2D eigenvalue weighted by Crippen LogP contribution is 2.18. The van der Waals surface area contributed by atoms with Crippen LogP contribution in [0.15, 0.2) is 62.6 Å². The van der Waals surface area contributed by atoms with Gasteiger partial charge >= 0.3 is 5.76 Å². The number of sulfonamides is 1. The van der Waals surface area contributed by atoms with E-state index in [1.807, 2.05) is 0 Å². The molecule has 2 N–H and O–H groups in total. The second-order valence-corrected chi connectivity index (χ2v) is 9.58. The van der Waals surface area contributed by atoms with Crippen LogP contribution in [0.1, 0.15) is 23.2 Å². The molecule has 180 valence electrons. The number of rotatable bonds is 7. The number of aryl methyl sites for hydroxylation is 1. The average Bonchev–Trinajstić information content (AvgIpc) is 3.18. The highest BCUT2D eigenvalue weighted by molar-refractivity contribution is 7.89. The molecule has 12 heteroatoms. The van der Waals surface area contributed by atoms with E-state index in [2.05, 4.69) is 10.9 Å². The molecule has 0 unspecified atom stereocenters.